The first kappa shape index (κ1) is 15.1. The average molecular weight is 298 g/mol. The Labute approximate surface area is 133 Å². The molecule has 4 nitrogen and oxygen atoms in total. The monoisotopic (exact) mass is 298 g/mol. The van der Waals surface area contributed by atoms with E-state index in [0.717, 1.165) is 26.1 Å². The summed E-state index contributed by atoms with van der Waals surface area (Å²) < 4.78 is 2.00. The molecule has 1 N–H and O–H groups in total. The molecule has 0 saturated heterocycles. The lowest BCUT2D eigenvalue weighted by Crippen LogP contribution is -2.35. The molecule has 22 heavy (non-hydrogen) atoms. The number of aromatic nitrogens is 2. The summed E-state index contributed by atoms with van der Waals surface area (Å²) >= 11 is 0. The highest BCUT2D eigenvalue weighted by molar-refractivity contribution is 5.56. The van der Waals surface area contributed by atoms with E-state index in [0.29, 0.717) is 12.0 Å². The zero-order valence-electron chi connectivity index (χ0n) is 13.6. The van der Waals surface area contributed by atoms with Crippen molar-refractivity contribution in [2.24, 2.45) is 0 Å². The van der Waals surface area contributed by atoms with Gasteiger partial charge in [-0.05, 0) is 37.5 Å². The van der Waals surface area contributed by atoms with Crippen molar-refractivity contribution >= 4 is 5.69 Å². The molecule has 2 atom stereocenters. The van der Waals surface area contributed by atoms with Gasteiger partial charge in [-0.2, -0.15) is 5.10 Å². The van der Waals surface area contributed by atoms with Crippen LogP contribution in [0.5, 0.6) is 0 Å². The maximum atomic E-state index is 4.26. The van der Waals surface area contributed by atoms with E-state index in [-0.39, 0.29) is 0 Å². The van der Waals surface area contributed by atoms with Crippen molar-refractivity contribution in [2.45, 2.75) is 38.3 Å². The Hall–Kier alpha value is -1.81. The zero-order valence-corrected chi connectivity index (χ0v) is 13.6. The third-order valence-corrected chi connectivity index (χ3v) is 4.66. The SMILES string of the molecule is CC(CCn1cccn1)NCC1CCN(C)c2ccccc21. The molecule has 0 fully saturated rings. The molecule has 0 aliphatic carbocycles. The van der Waals surface area contributed by atoms with Crippen LogP contribution in [-0.2, 0) is 6.54 Å². The highest BCUT2D eigenvalue weighted by atomic mass is 15.3. The maximum absolute atomic E-state index is 4.26. The Bertz CT molecular complexity index is 579. The normalized spacial score (nSPS) is 19.0. The van der Waals surface area contributed by atoms with Crippen molar-refractivity contribution in [1.29, 1.82) is 0 Å². The van der Waals surface area contributed by atoms with Gasteiger partial charge in [0, 0.05) is 56.7 Å². The predicted octanol–water partition coefficient (Wildman–Crippen LogP) is 2.88. The van der Waals surface area contributed by atoms with Crippen molar-refractivity contribution in [3.8, 4) is 0 Å². The second kappa shape index (κ2) is 6.97. The van der Waals surface area contributed by atoms with Crippen LogP contribution in [0.3, 0.4) is 0 Å². The van der Waals surface area contributed by atoms with Crippen LogP contribution in [-0.4, -0.2) is 36.0 Å². The van der Waals surface area contributed by atoms with Gasteiger partial charge in [0.05, 0.1) is 0 Å². The van der Waals surface area contributed by atoms with Gasteiger partial charge in [-0.15, -0.1) is 0 Å². The van der Waals surface area contributed by atoms with Gasteiger partial charge in [-0.3, -0.25) is 4.68 Å². The van der Waals surface area contributed by atoms with Gasteiger partial charge in [0.15, 0.2) is 0 Å². The molecular formula is C18H26N4. The van der Waals surface area contributed by atoms with Crippen molar-refractivity contribution in [1.82, 2.24) is 15.1 Å². The molecule has 2 unspecified atom stereocenters. The van der Waals surface area contributed by atoms with Crippen LogP contribution in [0.15, 0.2) is 42.7 Å². The lowest BCUT2D eigenvalue weighted by molar-refractivity contribution is 0.432. The third kappa shape index (κ3) is 3.50. The van der Waals surface area contributed by atoms with E-state index in [9.17, 15) is 0 Å². The molecular weight excluding hydrogens is 272 g/mol. The Morgan fingerprint density at radius 1 is 1.32 bits per heavy atom. The van der Waals surface area contributed by atoms with Gasteiger partial charge in [-0.1, -0.05) is 18.2 Å². The molecule has 118 valence electrons. The number of hydrogen-bond donors (Lipinski definition) is 1. The summed E-state index contributed by atoms with van der Waals surface area (Å²) in [4.78, 5) is 2.37. The minimum atomic E-state index is 0.510. The molecule has 2 aromatic rings. The van der Waals surface area contributed by atoms with E-state index in [2.05, 4.69) is 53.6 Å². The number of aryl methyl sites for hydroxylation is 1. The Balaban J connectivity index is 1.52. The summed E-state index contributed by atoms with van der Waals surface area (Å²) in [5, 5.41) is 7.97. The fraction of sp³-hybridized carbons (Fsp3) is 0.500. The number of fused-ring (bicyclic) bond motifs is 1. The standard InChI is InChI=1S/C18H26N4/c1-15(8-13-22-11-5-10-20-22)19-14-16-9-12-21(2)18-7-4-3-6-17(16)18/h3-7,10-11,15-16,19H,8-9,12-14H2,1-2H3. The Kier molecular flexibility index (Phi) is 4.78. The van der Waals surface area contributed by atoms with Crippen LogP contribution < -0.4 is 10.2 Å². The van der Waals surface area contributed by atoms with Gasteiger partial charge < -0.3 is 10.2 Å². The predicted molar refractivity (Wildman–Crippen MR) is 91.4 cm³/mol. The van der Waals surface area contributed by atoms with Gasteiger partial charge >= 0.3 is 0 Å². The Morgan fingerprint density at radius 2 is 2.18 bits per heavy atom. The molecule has 3 rings (SSSR count). The molecule has 1 aliphatic heterocycles. The highest BCUT2D eigenvalue weighted by Gasteiger charge is 2.22. The number of nitrogens with one attached hydrogen (secondary N) is 1. The summed E-state index contributed by atoms with van der Waals surface area (Å²) in [5.74, 6) is 0.625. The van der Waals surface area contributed by atoms with Crippen LogP contribution in [0.4, 0.5) is 5.69 Å². The maximum Gasteiger partial charge on any atom is 0.0489 e. The first-order chi connectivity index (χ1) is 10.7. The van der Waals surface area contributed by atoms with Crippen LogP contribution in [0.1, 0.15) is 31.2 Å². The lowest BCUT2D eigenvalue weighted by atomic mass is 9.90. The summed E-state index contributed by atoms with van der Waals surface area (Å²) in [7, 11) is 2.19. The molecule has 0 spiro atoms. The van der Waals surface area contributed by atoms with Crippen LogP contribution in [0.2, 0.25) is 0 Å². The van der Waals surface area contributed by atoms with Crippen LogP contribution in [0.25, 0.3) is 0 Å². The average Bonchev–Trinajstić information content (AvgIpc) is 3.06. The van der Waals surface area contributed by atoms with E-state index in [4.69, 9.17) is 0 Å². The largest absolute Gasteiger partial charge is 0.374 e. The van der Waals surface area contributed by atoms with Gasteiger partial charge in [-0.25, -0.2) is 0 Å². The molecule has 0 radical (unpaired) electrons. The van der Waals surface area contributed by atoms with Crippen molar-refractivity contribution in [3.05, 3.63) is 48.3 Å². The smallest absolute Gasteiger partial charge is 0.0489 e. The van der Waals surface area contributed by atoms with Crippen molar-refractivity contribution in [3.63, 3.8) is 0 Å². The molecule has 1 aromatic heterocycles. The van der Waals surface area contributed by atoms with E-state index >= 15 is 0 Å². The van der Waals surface area contributed by atoms with E-state index in [1.54, 1.807) is 0 Å². The van der Waals surface area contributed by atoms with E-state index < -0.39 is 0 Å². The number of rotatable bonds is 6. The first-order valence-corrected chi connectivity index (χ1v) is 8.25. The zero-order chi connectivity index (χ0) is 15.4. The number of benzene rings is 1. The molecule has 4 heteroatoms. The van der Waals surface area contributed by atoms with E-state index in [1.807, 2.05) is 23.1 Å². The molecule has 0 bridgehead atoms. The van der Waals surface area contributed by atoms with Crippen molar-refractivity contribution in [2.75, 3.05) is 25.0 Å². The van der Waals surface area contributed by atoms with Gasteiger partial charge in [0.1, 0.15) is 0 Å². The first-order valence-electron chi connectivity index (χ1n) is 8.25. The molecule has 2 heterocycles. The van der Waals surface area contributed by atoms with Gasteiger partial charge in [0.25, 0.3) is 0 Å². The number of hydrogen-bond acceptors (Lipinski definition) is 3. The molecule has 1 aromatic carbocycles. The summed E-state index contributed by atoms with van der Waals surface area (Å²) in [5.41, 5.74) is 2.88. The number of anilines is 1. The summed E-state index contributed by atoms with van der Waals surface area (Å²) in [6.07, 6.45) is 6.20. The molecule has 0 saturated carbocycles. The minimum Gasteiger partial charge on any atom is -0.374 e. The van der Waals surface area contributed by atoms with Gasteiger partial charge in [0.2, 0.25) is 0 Å². The fourth-order valence-corrected chi connectivity index (χ4v) is 3.22. The quantitative estimate of drug-likeness (QED) is 0.890. The number of para-hydroxylation sites is 1. The van der Waals surface area contributed by atoms with E-state index in [1.165, 1.54) is 17.7 Å². The minimum absolute atomic E-state index is 0.510. The fourth-order valence-electron chi connectivity index (χ4n) is 3.22. The third-order valence-electron chi connectivity index (χ3n) is 4.66. The topological polar surface area (TPSA) is 33.1 Å². The molecule has 1 aliphatic rings. The number of nitrogens with zero attached hydrogens (tertiary/aromatic N) is 3. The second-order valence-electron chi connectivity index (χ2n) is 6.33. The second-order valence-corrected chi connectivity index (χ2v) is 6.33. The lowest BCUT2D eigenvalue weighted by Gasteiger charge is -2.34. The van der Waals surface area contributed by atoms with Crippen LogP contribution in [0, 0.1) is 0 Å². The highest BCUT2D eigenvalue weighted by Crippen LogP contribution is 2.33. The summed E-state index contributed by atoms with van der Waals surface area (Å²) in [6, 6.07) is 11.3. The summed E-state index contributed by atoms with van der Waals surface area (Å²) in [6.45, 7) is 5.45. The molecule has 0 amide bonds. The Morgan fingerprint density at radius 3 is 3.00 bits per heavy atom. The van der Waals surface area contributed by atoms with Crippen LogP contribution >= 0.6 is 0 Å². The van der Waals surface area contributed by atoms with Crippen molar-refractivity contribution < 1.29 is 0 Å².